The minimum absolute atomic E-state index is 0.00663. The lowest BCUT2D eigenvalue weighted by molar-refractivity contribution is -0.124. The van der Waals surface area contributed by atoms with Gasteiger partial charge < -0.3 is 19.5 Å². The van der Waals surface area contributed by atoms with Gasteiger partial charge in [0, 0.05) is 6.54 Å². The summed E-state index contributed by atoms with van der Waals surface area (Å²) in [6.07, 6.45) is 6.64. The van der Waals surface area contributed by atoms with E-state index < -0.39 is 11.9 Å². The van der Waals surface area contributed by atoms with Crippen LogP contribution in [0.25, 0.3) is 0 Å². The van der Waals surface area contributed by atoms with Crippen molar-refractivity contribution in [3.8, 4) is 0 Å². The fraction of sp³-hybridized carbons (Fsp3) is 0.524. The highest BCUT2D eigenvalue weighted by atomic mass is 16.3. The molecule has 2 aromatic rings. The van der Waals surface area contributed by atoms with E-state index in [0.717, 1.165) is 31.7 Å². The van der Waals surface area contributed by atoms with Crippen LogP contribution in [0.5, 0.6) is 0 Å². The maximum atomic E-state index is 12.8. The molecule has 152 valence electrons. The van der Waals surface area contributed by atoms with Crippen LogP contribution in [0, 0.1) is 5.92 Å². The van der Waals surface area contributed by atoms with Gasteiger partial charge >= 0.3 is 0 Å². The minimum Gasteiger partial charge on any atom is -0.468 e. The van der Waals surface area contributed by atoms with Crippen molar-refractivity contribution in [1.29, 1.82) is 0 Å². The van der Waals surface area contributed by atoms with Gasteiger partial charge in [-0.15, -0.1) is 0 Å². The molecule has 0 saturated carbocycles. The van der Waals surface area contributed by atoms with Crippen molar-refractivity contribution >= 4 is 11.8 Å². The highest BCUT2D eigenvalue weighted by molar-refractivity contribution is 5.95. The lowest BCUT2D eigenvalue weighted by atomic mass is 10.0. The van der Waals surface area contributed by atoms with Crippen LogP contribution >= 0.6 is 0 Å². The SMILES string of the molecule is CC(C)[C@H](NC(=O)c1ccco1)C(=O)NC[C@H](c1ccco1)N1CCCCC1. The van der Waals surface area contributed by atoms with Crippen LogP contribution in [0.3, 0.4) is 0 Å². The van der Waals surface area contributed by atoms with Crippen LogP contribution in [0.1, 0.15) is 55.5 Å². The summed E-state index contributed by atoms with van der Waals surface area (Å²) < 4.78 is 10.7. The molecule has 3 rings (SSSR count). The third-order valence-electron chi connectivity index (χ3n) is 5.15. The number of nitrogens with one attached hydrogen (secondary N) is 2. The second kappa shape index (κ2) is 9.59. The van der Waals surface area contributed by atoms with Gasteiger partial charge in [-0.1, -0.05) is 20.3 Å². The first-order chi connectivity index (χ1) is 13.6. The molecule has 0 aliphatic carbocycles. The molecule has 7 heteroatoms. The maximum Gasteiger partial charge on any atom is 0.287 e. The van der Waals surface area contributed by atoms with Gasteiger partial charge in [0.25, 0.3) is 5.91 Å². The highest BCUT2D eigenvalue weighted by Crippen LogP contribution is 2.24. The lowest BCUT2D eigenvalue weighted by Gasteiger charge is -2.34. The molecule has 1 saturated heterocycles. The van der Waals surface area contributed by atoms with Gasteiger partial charge in [-0.05, 0) is 56.1 Å². The first kappa shape index (κ1) is 20.2. The molecule has 2 amide bonds. The monoisotopic (exact) mass is 387 g/mol. The second-order valence-corrected chi connectivity index (χ2v) is 7.55. The fourth-order valence-electron chi connectivity index (χ4n) is 3.58. The molecule has 2 aromatic heterocycles. The van der Waals surface area contributed by atoms with E-state index in [4.69, 9.17) is 8.83 Å². The van der Waals surface area contributed by atoms with Crippen LogP contribution in [-0.4, -0.2) is 42.4 Å². The van der Waals surface area contributed by atoms with E-state index >= 15 is 0 Å². The fourth-order valence-corrected chi connectivity index (χ4v) is 3.58. The molecule has 28 heavy (non-hydrogen) atoms. The Hall–Kier alpha value is -2.54. The van der Waals surface area contributed by atoms with Crippen molar-refractivity contribution in [2.75, 3.05) is 19.6 Å². The van der Waals surface area contributed by atoms with Gasteiger partial charge in [-0.2, -0.15) is 0 Å². The Labute approximate surface area is 165 Å². The summed E-state index contributed by atoms with van der Waals surface area (Å²) in [4.78, 5) is 27.5. The van der Waals surface area contributed by atoms with E-state index in [-0.39, 0.29) is 23.6 Å². The molecule has 0 bridgehead atoms. The first-order valence-electron chi connectivity index (χ1n) is 9.96. The lowest BCUT2D eigenvalue weighted by Crippen LogP contribution is -2.51. The Morgan fingerprint density at radius 1 is 1.07 bits per heavy atom. The van der Waals surface area contributed by atoms with Crippen LogP contribution in [-0.2, 0) is 4.79 Å². The van der Waals surface area contributed by atoms with E-state index in [1.165, 1.54) is 12.7 Å². The second-order valence-electron chi connectivity index (χ2n) is 7.55. The van der Waals surface area contributed by atoms with E-state index in [2.05, 4.69) is 15.5 Å². The normalized spacial score (nSPS) is 17.2. The number of hydrogen-bond acceptors (Lipinski definition) is 5. The van der Waals surface area contributed by atoms with E-state index in [0.29, 0.717) is 6.54 Å². The third kappa shape index (κ3) is 5.04. The average Bonchev–Trinajstić information content (AvgIpc) is 3.40. The van der Waals surface area contributed by atoms with Gasteiger partial charge in [-0.3, -0.25) is 14.5 Å². The molecule has 7 nitrogen and oxygen atoms in total. The number of likely N-dealkylation sites (tertiary alicyclic amines) is 1. The van der Waals surface area contributed by atoms with E-state index in [9.17, 15) is 9.59 Å². The van der Waals surface area contributed by atoms with Crippen molar-refractivity contribution in [3.63, 3.8) is 0 Å². The largest absolute Gasteiger partial charge is 0.468 e. The number of carbonyl (C=O) groups is 2. The Bertz CT molecular complexity index is 734. The van der Waals surface area contributed by atoms with Gasteiger partial charge in [-0.25, -0.2) is 0 Å². The number of piperidine rings is 1. The molecule has 1 fully saturated rings. The van der Waals surface area contributed by atoms with Crippen LogP contribution in [0.15, 0.2) is 45.6 Å². The molecule has 3 heterocycles. The van der Waals surface area contributed by atoms with Crippen molar-refractivity contribution in [3.05, 3.63) is 48.3 Å². The zero-order valence-corrected chi connectivity index (χ0v) is 16.5. The van der Waals surface area contributed by atoms with Gasteiger partial charge in [0.05, 0.1) is 18.6 Å². The molecular formula is C21H29N3O4. The Balaban J connectivity index is 1.63. The topological polar surface area (TPSA) is 87.7 Å². The zero-order chi connectivity index (χ0) is 19.9. The number of rotatable bonds is 8. The molecule has 2 atom stereocenters. The van der Waals surface area contributed by atoms with Gasteiger partial charge in [0.15, 0.2) is 5.76 Å². The summed E-state index contributed by atoms with van der Waals surface area (Å²) in [6.45, 7) is 6.23. The predicted octanol–water partition coefficient (Wildman–Crippen LogP) is 2.97. The third-order valence-corrected chi connectivity index (χ3v) is 5.15. The molecule has 0 spiro atoms. The molecule has 0 radical (unpaired) electrons. The number of carbonyl (C=O) groups excluding carboxylic acids is 2. The summed E-state index contributed by atoms with van der Waals surface area (Å²) in [6, 6.07) is 6.39. The molecule has 0 aromatic carbocycles. The highest BCUT2D eigenvalue weighted by Gasteiger charge is 2.29. The standard InChI is InChI=1S/C21H29N3O4/c1-15(2)19(23-20(25)18-9-7-13-28-18)21(26)22-14-16(17-8-6-12-27-17)24-10-4-3-5-11-24/h6-9,12-13,15-16,19H,3-5,10-11,14H2,1-2H3,(H,22,26)(H,23,25)/t16-,19+/m1/s1. The molecular weight excluding hydrogens is 358 g/mol. The van der Waals surface area contributed by atoms with Crippen molar-refractivity contribution < 1.29 is 18.4 Å². The summed E-state index contributed by atoms with van der Waals surface area (Å²) >= 11 is 0. The number of amides is 2. The summed E-state index contributed by atoms with van der Waals surface area (Å²) in [5.74, 6) is 0.389. The number of furan rings is 2. The Morgan fingerprint density at radius 3 is 2.39 bits per heavy atom. The minimum atomic E-state index is -0.642. The average molecular weight is 387 g/mol. The first-order valence-corrected chi connectivity index (χ1v) is 9.96. The summed E-state index contributed by atoms with van der Waals surface area (Å²) in [5.41, 5.74) is 0. The number of hydrogen-bond donors (Lipinski definition) is 2. The summed E-state index contributed by atoms with van der Waals surface area (Å²) in [7, 11) is 0. The van der Waals surface area contributed by atoms with Gasteiger partial charge in [0.2, 0.25) is 5.91 Å². The van der Waals surface area contributed by atoms with Crippen molar-refractivity contribution in [1.82, 2.24) is 15.5 Å². The van der Waals surface area contributed by atoms with Crippen LogP contribution in [0.4, 0.5) is 0 Å². The quantitative estimate of drug-likeness (QED) is 0.727. The summed E-state index contributed by atoms with van der Waals surface area (Å²) in [5, 5.41) is 5.79. The molecule has 1 aliphatic heterocycles. The predicted molar refractivity (Wildman–Crippen MR) is 105 cm³/mol. The molecule has 0 unspecified atom stereocenters. The molecule has 2 N–H and O–H groups in total. The van der Waals surface area contributed by atoms with Crippen LogP contribution < -0.4 is 10.6 Å². The van der Waals surface area contributed by atoms with Crippen LogP contribution in [0.2, 0.25) is 0 Å². The maximum absolute atomic E-state index is 12.8. The van der Waals surface area contributed by atoms with E-state index in [1.54, 1.807) is 18.4 Å². The smallest absolute Gasteiger partial charge is 0.287 e. The van der Waals surface area contributed by atoms with Crippen molar-refractivity contribution in [2.24, 2.45) is 5.92 Å². The van der Waals surface area contributed by atoms with E-state index in [1.807, 2.05) is 26.0 Å². The van der Waals surface area contributed by atoms with Crippen molar-refractivity contribution in [2.45, 2.75) is 45.2 Å². The Morgan fingerprint density at radius 2 is 1.79 bits per heavy atom. The number of nitrogens with zero attached hydrogens (tertiary/aromatic N) is 1. The molecule has 1 aliphatic rings. The zero-order valence-electron chi connectivity index (χ0n) is 16.5. The van der Waals surface area contributed by atoms with Gasteiger partial charge in [0.1, 0.15) is 11.8 Å². The Kier molecular flexibility index (Phi) is 6.92.